The average Bonchev–Trinajstić information content (AvgIpc) is 2.10. The lowest BCUT2D eigenvalue weighted by Gasteiger charge is -2.13. The molecule has 13 heavy (non-hydrogen) atoms. The zero-order chi connectivity index (χ0) is 10.0. The Bertz CT molecular complexity index is 312. The normalized spacial score (nSPS) is 13.0. The smallest absolute Gasteiger partial charge is 0.0624 e. The van der Waals surface area contributed by atoms with E-state index in [2.05, 4.69) is 0 Å². The number of hydrogen-bond acceptors (Lipinski definition) is 2. The molecule has 0 heterocycles. The molecular formula is C10H14ClNO. The predicted molar refractivity (Wildman–Crippen MR) is 54.9 cm³/mol. The molecule has 1 aromatic carbocycles. The summed E-state index contributed by atoms with van der Waals surface area (Å²) in [6.07, 6.45) is 0. The lowest BCUT2D eigenvalue weighted by atomic mass is 10.00. The molecule has 1 aromatic rings. The number of aliphatic hydroxyl groups is 1. The van der Waals surface area contributed by atoms with Crippen LogP contribution in [0.2, 0.25) is 5.02 Å². The van der Waals surface area contributed by atoms with Gasteiger partial charge in [0.1, 0.15) is 0 Å². The van der Waals surface area contributed by atoms with Crippen LogP contribution in [0.5, 0.6) is 0 Å². The lowest BCUT2D eigenvalue weighted by Crippen LogP contribution is -2.15. The summed E-state index contributed by atoms with van der Waals surface area (Å²) in [6, 6.07) is 3.50. The molecule has 0 bridgehead atoms. The second-order valence-corrected chi connectivity index (χ2v) is 3.65. The number of rotatable bonds is 2. The summed E-state index contributed by atoms with van der Waals surface area (Å²) in [4.78, 5) is 0. The van der Waals surface area contributed by atoms with Gasteiger partial charge in [-0.3, -0.25) is 0 Å². The first-order valence-corrected chi connectivity index (χ1v) is 4.57. The standard InChI is InChI=1S/C10H14ClNO/c1-6-4-9(11)7(2)3-8(6)10(12)5-13/h3-4,10,13H,5,12H2,1-2H3. The molecule has 0 aliphatic carbocycles. The first kappa shape index (κ1) is 10.5. The molecule has 3 N–H and O–H groups in total. The molecule has 1 unspecified atom stereocenters. The fourth-order valence-corrected chi connectivity index (χ4v) is 1.52. The Morgan fingerprint density at radius 1 is 1.38 bits per heavy atom. The van der Waals surface area contributed by atoms with E-state index in [1.165, 1.54) is 0 Å². The molecule has 2 nitrogen and oxygen atoms in total. The highest BCUT2D eigenvalue weighted by atomic mass is 35.5. The van der Waals surface area contributed by atoms with Gasteiger partial charge in [-0.05, 0) is 36.6 Å². The second-order valence-electron chi connectivity index (χ2n) is 3.25. The summed E-state index contributed by atoms with van der Waals surface area (Å²) in [6.45, 7) is 3.83. The SMILES string of the molecule is Cc1cc(C(N)CO)c(C)cc1Cl. The first-order valence-electron chi connectivity index (χ1n) is 4.19. The van der Waals surface area contributed by atoms with Gasteiger partial charge in [0.25, 0.3) is 0 Å². The molecule has 0 fully saturated rings. The molecule has 0 aliphatic rings. The van der Waals surface area contributed by atoms with Gasteiger partial charge in [-0.25, -0.2) is 0 Å². The van der Waals surface area contributed by atoms with Gasteiger partial charge >= 0.3 is 0 Å². The van der Waals surface area contributed by atoms with Crippen LogP contribution >= 0.6 is 11.6 Å². The van der Waals surface area contributed by atoms with Crippen molar-refractivity contribution in [1.82, 2.24) is 0 Å². The Kier molecular flexibility index (Phi) is 3.31. The number of aliphatic hydroxyl groups excluding tert-OH is 1. The number of halogens is 1. The highest BCUT2D eigenvalue weighted by molar-refractivity contribution is 6.31. The largest absolute Gasteiger partial charge is 0.394 e. The number of hydrogen-bond donors (Lipinski definition) is 2. The highest BCUT2D eigenvalue weighted by Gasteiger charge is 2.09. The third-order valence-electron chi connectivity index (χ3n) is 2.14. The first-order chi connectivity index (χ1) is 6.06. The minimum Gasteiger partial charge on any atom is -0.394 e. The molecule has 0 aliphatic heterocycles. The van der Waals surface area contributed by atoms with E-state index >= 15 is 0 Å². The van der Waals surface area contributed by atoms with Gasteiger partial charge in [0, 0.05) is 5.02 Å². The summed E-state index contributed by atoms with van der Waals surface area (Å²) in [7, 11) is 0. The Morgan fingerprint density at radius 2 is 2.00 bits per heavy atom. The maximum atomic E-state index is 8.91. The third kappa shape index (κ3) is 2.21. The molecule has 0 radical (unpaired) electrons. The van der Waals surface area contributed by atoms with Crippen LogP contribution in [0.1, 0.15) is 22.7 Å². The van der Waals surface area contributed by atoms with Crippen molar-refractivity contribution in [1.29, 1.82) is 0 Å². The maximum absolute atomic E-state index is 8.91. The highest BCUT2D eigenvalue weighted by Crippen LogP contribution is 2.23. The van der Waals surface area contributed by atoms with Crippen LogP contribution in [0.3, 0.4) is 0 Å². The van der Waals surface area contributed by atoms with Crippen LogP contribution < -0.4 is 5.73 Å². The summed E-state index contributed by atoms with van der Waals surface area (Å²) in [5.74, 6) is 0. The fraction of sp³-hybridized carbons (Fsp3) is 0.400. The van der Waals surface area contributed by atoms with E-state index in [0.717, 1.165) is 21.7 Å². The van der Waals surface area contributed by atoms with Gasteiger partial charge in [0.15, 0.2) is 0 Å². The minimum absolute atomic E-state index is 0.0398. The van der Waals surface area contributed by atoms with Gasteiger partial charge in [-0.2, -0.15) is 0 Å². The minimum atomic E-state index is -0.309. The number of aryl methyl sites for hydroxylation is 2. The zero-order valence-corrected chi connectivity index (χ0v) is 8.60. The van der Waals surface area contributed by atoms with Crippen LogP contribution in [0, 0.1) is 13.8 Å². The second kappa shape index (κ2) is 4.09. The molecular weight excluding hydrogens is 186 g/mol. The van der Waals surface area contributed by atoms with Gasteiger partial charge in [-0.1, -0.05) is 17.7 Å². The van der Waals surface area contributed by atoms with Crippen molar-refractivity contribution in [2.24, 2.45) is 5.73 Å². The average molecular weight is 200 g/mol. The van der Waals surface area contributed by atoms with E-state index in [-0.39, 0.29) is 12.6 Å². The Hall–Kier alpha value is -0.570. The summed E-state index contributed by atoms with van der Waals surface area (Å²) in [5, 5.41) is 9.66. The summed E-state index contributed by atoms with van der Waals surface area (Å²) in [5.41, 5.74) is 8.70. The lowest BCUT2D eigenvalue weighted by molar-refractivity contribution is 0.267. The van der Waals surface area contributed by atoms with Crippen molar-refractivity contribution in [3.63, 3.8) is 0 Å². The van der Waals surface area contributed by atoms with Crippen molar-refractivity contribution >= 4 is 11.6 Å². The third-order valence-corrected chi connectivity index (χ3v) is 2.55. The molecule has 0 saturated carbocycles. The van der Waals surface area contributed by atoms with Crippen LogP contribution in [0.15, 0.2) is 12.1 Å². The van der Waals surface area contributed by atoms with Crippen LogP contribution in [0.25, 0.3) is 0 Å². The van der Waals surface area contributed by atoms with E-state index in [1.807, 2.05) is 26.0 Å². The Balaban J connectivity index is 3.15. The monoisotopic (exact) mass is 199 g/mol. The van der Waals surface area contributed by atoms with E-state index in [1.54, 1.807) is 0 Å². The van der Waals surface area contributed by atoms with Gasteiger partial charge in [0.05, 0.1) is 12.6 Å². The molecule has 3 heteroatoms. The molecule has 72 valence electrons. The van der Waals surface area contributed by atoms with E-state index in [4.69, 9.17) is 22.4 Å². The van der Waals surface area contributed by atoms with Gasteiger partial charge < -0.3 is 10.8 Å². The molecule has 0 amide bonds. The summed E-state index contributed by atoms with van der Waals surface area (Å²) < 4.78 is 0. The summed E-state index contributed by atoms with van der Waals surface area (Å²) >= 11 is 5.93. The molecule has 1 atom stereocenters. The molecule has 0 aromatic heterocycles. The quantitative estimate of drug-likeness (QED) is 0.765. The van der Waals surface area contributed by atoms with Crippen molar-refractivity contribution in [2.45, 2.75) is 19.9 Å². The topological polar surface area (TPSA) is 46.2 Å². The van der Waals surface area contributed by atoms with Crippen molar-refractivity contribution in [2.75, 3.05) is 6.61 Å². The van der Waals surface area contributed by atoms with Crippen LogP contribution in [0.4, 0.5) is 0 Å². The zero-order valence-electron chi connectivity index (χ0n) is 7.84. The van der Waals surface area contributed by atoms with Crippen LogP contribution in [-0.4, -0.2) is 11.7 Å². The fourth-order valence-electron chi connectivity index (χ4n) is 1.30. The van der Waals surface area contributed by atoms with E-state index in [9.17, 15) is 0 Å². The van der Waals surface area contributed by atoms with E-state index < -0.39 is 0 Å². The van der Waals surface area contributed by atoms with Crippen molar-refractivity contribution in [3.8, 4) is 0 Å². The van der Waals surface area contributed by atoms with Crippen molar-refractivity contribution < 1.29 is 5.11 Å². The molecule has 1 rings (SSSR count). The van der Waals surface area contributed by atoms with Gasteiger partial charge in [-0.15, -0.1) is 0 Å². The van der Waals surface area contributed by atoms with Gasteiger partial charge in [0.2, 0.25) is 0 Å². The van der Waals surface area contributed by atoms with Crippen molar-refractivity contribution in [3.05, 3.63) is 33.8 Å². The van der Waals surface area contributed by atoms with Crippen LogP contribution in [-0.2, 0) is 0 Å². The maximum Gasteiger partial charge on any atom is 0.0624 e. The Morgan fingerprint density at radius 3 is 2.54 bits per heavy atom. The molecule has 0 spiro atoms. The van der Waals surface area contributed by atoms with E-state index in [0.29, 0.717) is 0 Å². The molecule has 0 saturated heterocycles. The number of nitrogens with two attached hydrogens (primary N) is 1. The number of benzene rings is 1. The Labute approximate surface area is 83.3 Å². The predicted octanol–water partition coefficient (Wildman–Crippen LogP) is 1.95.